The van der Waals surface area contributed by atoms with Crippen molar-refractivity contribution in [2.24, 2.45) is 11.7 Å². The summed E-state index contributed by atoms with van der Waals surface area (Å²) >= 11 is 0. The van der Waals surface area contributed by atoms with Gasteiger partial charge >= 0.3 is 6.18 Å². The van der Waals surface area contributed by atoms with Gasteiger partial charge in [0.1, 0.15) is 0 Å². The number of nitrogens with two attached hydrogens (primary N) is 1. The van der Waals surface area contributed by atoms with E-state index in [1.165, 1.54) is 18.2 Å². The highest BCUT2D eigenvalue weighted by molar-refractivity contribution is 5.95. The van der Waals surface area contributed by atoms with Crippen LogP contribution in [0.25, 0.3) is 5.57 Å². The zero-order chi connectivity index (χ0) is 17.9. The van der Waals surface area contributed by atoms with E-state index in [9.17, 15) is 22.8 Å². The Kier molecular flexibility index (Phi) is 5.31. The fraction of sp³-hybridized carbons (Fsp3) is 0.412. The van der Waals surface area contributed by atoms with Gasteiger partial charge in [0.05, 0.1) is 5.56 Å². The molecule has 1 aliphatic rings. The zero-order valence-corrected chi connectivity index (χ0v) is 13.3. The number of hydrogen-bond donors (Lipinski definition) is 1. The molecule has 0 bridgehead atoms. The Labute approximate surface area is 138 Å². The molecule has 2 rings (SSSR count). The third-order valence-corrected chi connectivity index (χ3v) is 4.22. The maximum Gasteiger partial charge on any atom is 0.416 e. The van der Waals surface area contributed by atoms with Crippen LogP contribution in [0, 0.1) is 5.92 Å². The minimum absolute atomic E-state index is 0.200. The number of allylic oxidation sites excluding steroid dienone is 1. The molecule has 2 N–H and O–H groups in total. The standard InChI is InChI=1S/C17H19F3N2O2/c1-11(12-2-4-14(5-3-12)17(18,19)20)10-15(23)22-8-6-13(7-9-22)16(21)24/h2-5,10,13H,6-9H2,1H3,(H2,21,24)/b11-10-. The van der Waals surface area contributed by atoms with Gasteiger partial charge in [-0.25, -0.2) is 0 Å². The van der Waals surface area contributed by atoms with Gasteiger partial charge in [0.15, 0.2) is 0 Å². The van der Waals surface area contributed by atoms with Crippen LogP contribution in [0.5, 0.6) is 0 Å². The summed E-state index contributed by atoms with van der Waals surface area (Å²) in [5, 5.41) is 0. The van der Waals surface area contributed by atoms with Crippen molar-refractivity contribution in [2.45, 2.75) is 25.9 Å². The molecule has 0 aliphatic carbocycles. The molecule has 0 aromatic heterocycles. The number of hydrogen-bond acceptors (Lipinski definition) is 2. The number of likely N-dealkylation sites (tertiary alicyclic amines) is 1. The monoisotopic (exact) mass is 340 g/mol. The molecule has 0 spiro atoms. The van der Waals surface area contributed by atoms with Crippen molar-refractivity contribution in [2.75, 3.05) is 13.1 Å². The summed E-state index contributed by atoms with van der Waals surface area (Å²) in [6, 6.07) is 4.69. The molecular weight excluding hydrogens is 321 g/mol. The first-order valence-corrected chi connectivity index (χ1v) is 7.62. The molecule has 1 aromatic rings. The highest BCUT2D eigenvalue weighted by Gasteiger charge is 2.30. The first kappa shape index (κ1) is 18.0. The topological polar surface area (TPSA) is 63.4 Å². The predicted molar refractivity (Wildman–Crippen MR) is 83.6 cm³/mol. The van der Waals surface area contributed by atoms with Crippen LogP contribution in [-0.2, 0) is 15.8 Å². The molecule has 130 valence electrons. The van der Waals surface area contributed by atoms with Gasteiger partial charge in [0, 0.05) is 25.1 Å². The number of amides is 2. The third kappa shape index (κ3) is 4.37. The fourth-order valence-corrected chi connectivity index (χ4v) is 2.67. The van der Waals surface area contributed by atoms with E-state index in [-0.39, 0.29) is 17.7 Å². The molecule has 1 fully saturated rings. The molecule has 24 heavy (non-hydrogen) atoms. The number of benzene rings is 1. The lowest BCUT2D eigenvalue weighted by Gasteiger charge is -2.29. The van der Waals surface area contributed by atoms with E-state index < -0.39 is 11.7 Å². The Morgan fingerprint density at radius 1 is 1.17 bits per heavy atom. The van der Waals surface area contributed by atoms with E-state index in [0.717, 1.165) is 12.1 Å². The Hall–Kier alpha value is -2.31. The van der Waals surface area contributed by atoms with Crippen molar-refractivity contribution in [3.05, 3.63) is 41.5 Å². The quantitative estimate of drug-likeness (QED) is 0.860. The predicted octanol–water partition coefficient (Wildman–Crippen LogP) is 2.83. The second kappa shape index (κ2) is 7.07. The van der Waals surface area contributed by atoms with Crippen LogP contribution in [0.15, 0.2) is 30.3 Å². The molecule has 1 aliphatic heterocycles. The molecule has 0 atom stereocenters. The van der Waals surface area contributed by atoms with Crippen LogP contribution >= 0.6 is 0 Å². The molecule has 0 saturated carbocycles. The number of carbonyl (C=O) groups excluding carboxylic acids is 2. The van der Waals surface area contributed by atoms with Crippen molar-refractivity contribution in [1.82, 2.24) is 4.90 Å². The number of nitrogens with zero attached hydrogens (tertiary/aromatic N) is 1. The highest BCUT2D eigenvalue weighted by atomic mass is 19.4. The van der Waals surface area contributed by atoms with Crippen molar-refractivity contribution in [3.8, 4) is 0 Å². The van der Waals surface area contributed by atoms with Gasteiger partial charge in [0.25, 0.3) is 0 Å². The lowest BCUT2D eigenvalue weighted by atomic mass is 9.96. The van der Waals surface area contributed by atoms with Gasteiger partial charge in [-0.05, 0) is 43.0 Å². The van der Waals surface area contributed by atoms with Crippen molar-refractivity contribution >= 4 is 17.4 Å². The van der Waals surface area contributed by atoms with Crippen molar-refractivity contribution < 1.29 is 22.8 Å². The third-order valence-electron chi connectivity index (χ3n) is 4.22. The van der Waals surface area contributed by atoms with E-state index in [2.05, 4.69) is 0 Å². The lowest BCUT2D eigenvalue weighted by molar-refractivity contribution is -0.137. The zero-order valence-electron chi connectivity index (χ0n) is 13.3. The minimum atomic E-state index is -4.38. The summed E-state index contributed by atoms with van der Waals surface area (Å²) in [7, 11) is 0. The van der Waals surface area contributed by atoms with Crippen molar-refractivity contribution in [3.63, 3.8) is 0 Å². The lowest BCUT2D eigenvalue weighted by Crippen LogP contribution is -2.41. The number of halogens is 3. The van der Waals surface area contributed by atoms with Gasteiger partial charge in [-0.15, -0.1) is 0 Å². The number of alkyl halides is 3. The second-order valence-corrected chi connectivity index (χ2v) is 5.90. The first-order chi connectivity index (χ1) is 11.2. The molecule has 1 heterocycles. The summed E-state index contributed by atoms with van der Waals surface area (Å²) in [5.41, 5.74) is 5.68. The number of piperidine rings is 1. The maximum atomic E-state index is 12.6. The average molecular weight is 340 g/mol. The average Bonchev–Trinajstić information content (AvgIpc) is 2.54. The largest absolute Gasteiger partial charge is 0.416 e. The normalized spacial score (nSPS) is 17.0. The van der Waals surface area contributed by atoms with Crippen LogP contribution in [0.4, 0.5) is 13.2 Å². The molecule has 1 saturated heterocycles. The molecule has 0 radical (unpaired) electrons. The summed E-state index contributed by atoms with van der Waals surface area (Å²) < 4.78 is 37.7. The van der Waals surface area contributed by atoms with E-state index in [1.807, 2.05) is 0 Å². The second-order valence-electron chi connectivity index (χ2n) is 5.90. The van der Waals surface area contributed by atoms with E-state index in [0.29, 0.717) is 37.1 Å². The van der Waals surface area contributed by atoms with Crippen LogP contribution in [-0.4, -0.2) is 29.8 Å². The molecule has 0 unspecified atom stereocenters. The Balaban J connectivity index is 2.02. The van der Waals surface area contributed by atoms with Crippen LogP contribution in [0.1, 0.15) is 30.9 Å². The summed E-state index contributed by atoms with van der Waals surface area (Å²) in [4.78, 5) is 25.0. The summed E-state index contributed by atoms with van der Waals surface area (Å²) in [6.45, 7) is 2.57. The molecular formula is C17H19F3N2O2. The molecule has 2 amide bonds. The van der Waals surface area contributed by atoms with Gasteiger partial charge in [-0.1, -0.05) is 12.1 Å². The van der Waals surface area contributed by atoms with E-state index >= 15 is 0 Å². The fourth-order valence-electron chi connectivity index (χ4n) is 2.67. The van der Waals surface area contributed by atoms with Crippen molar-refractivity contribution in [1.29, 1.82) is 0 Å². The maximum absolute atomic E-state index is 12.6. The summed E-state index contributed by atoms with van der Waals surface area (Å²) in [6.07, 6.45) is -1.90. The molecule has 7 heteroatoms. The Morgan fingerprint density at radius 3 is 2.17 bits per heavy atom. The SMILES string of the molecule is C/C(=C/C(=O)N1CCC(C(N)=O)CC1)c1ccc(C(F)(F)F)cc1. The number of primary amides is 1. The van der Waals surface area contributed by atoms with Gasteiger partial charge in [-0.2, -0.15) is 13.2 Å². The summed E-state index contributed by atoms with van der Waals surface area (Å²) in [5.74, 6) is -0.761. The Bertz CT molecular complexity index is 643. The molecule has 1 aromatic carbocycles. The van der Waals surface area contributed by atoms with Crippen LogP contribution in [0.2, 0.25) is 0 Å². The Morgan fingerprint density at radius 2 is 1.71 bits per heavy atom. The number of rotatable bonds is 3. The van der Waals surface area contributed by atoms with Gasteiger partial charge < -0.3 is 10.6 Å². The molecule has 4 nitrogen and oxygen atoms in total. The highest BCUT2D eigenvalue weighted by Crippen LogP contribution is 2.30. The van der Waals surface area contributed by atoms with Gasteiger partial charge in [0.2, 0.25) is 11.8 Å². The van der Waals surface area contributed by atoms with Crippen LogP contribution in [0.3, 0.4) is 0 Å². The number of carbonyl (C=O) groups is 2. The smallest absolute Gasteiger partial charge is 0.369 e. The van der Waals surface area contributed by atoms with Crippen LogP contribution < -0.4 is 5.73 Å². The minimum Gasteiger partial charge on any atom is -0.369 e. The van der Waals surface area contributed by atoms with E-state index in [4.69, 9.17) is 5.73 Å². The van der Waals surface area contributed by atoms with E-state index in [1.54, 1.807) is 11.8 Å². The first-order valence-electron chi connectivity index (χ1n) is 7.62. The van der Waals surface area contributed by atoms with Gasteiger partial charge in [-0.3, -0.25) is 9.59 Å².